The number of aryl methyl sites for hydroxylation is 1. The number of carboxylic acids is 1. The number of rotatable bonds is 2. The number of hydrogen-bond acceptors (Lipinski definition) is 4. The van der Waals surface area contributed by atoms with Gasteiger partial charge in [-0.25, -0.2) is 9.59 Å². The maximum atomic E-state index is 11.0. The average Bonchev–Trinajstić information content (AvgIpc) is 2.46. The largest absolute Gasteiger partial charge is 0.478 e. The van der Waals surface area contributed by atoms with E-state index in [4.69, 9.17) is 5.11 Å². The predicted molar refractivity (Wildman–Crippen MR) is 41.5 cm³/mol. The lowest BCUT2D eigenvalue weighted by atomic mass is 10.2. The third-order valence-electron chi connectivity index (χ3n) is 1.44. The quantitative estimate of drug-likeness (QED) is 0.649. The topological polar surface area (TPSA) is 81.4 Å². The van der Waals surface area contributed by atoms with Gasteiger partial charge in [0.15, 0.2) is 5.69 Å². The first-order valence-corrected chi connectivity index (χ1v) is 3.41. The normalized spacial score (nSPS) is 9.69. The molecule has 0 fully saturated rings. The smallest absolute Gasteiger partial charge is 0.359 e. The summed E-state index contributed by atoms with van der Waals surface area (Å²) >= 11 is 0. The van der Waals surface area contributed by atoms with Crippen LogP contribution in [0.2, 0.25) is 0 Å². The SMILES string of the molecule is COC(=O)c1nn(C)cc1C(=O)O. The highest BCUT2D eigenvalue weighted by Crippen LogP contribution is 2.07. The summed E-state index contributed by atoms with van der Waals surface area (Å²) in [5.74, 6) is -1.95. The fourth-order valence-corrected chi connectivity index (χ4v) is 0.892. The molecule has 6 nitrogen and oxygen atoms in total. The summed E-state index contributed by atoms with van der Waals surface area (Å²) in [4.78, 5) is 21.6. The van der Waals surface area contributed by atoms with Crippen LogP contribution in [0.4, 0.5) is 0 Å². The van der Waals surface area contributed by atoms with Crippen LogP contribution in [0.3, 0.4) is 0 Å². The first-order valence-electron chi connectivity index (χ1n) is 3.41. The summed E-state index contributed by atoms with van der Waals surface area (Å²) in [6.07, 6.45) is 1.24. The van der Waals surface area contributed by atoms with Gasteiger partial charge >= 0.3 is 11.9 Å². The lowest BCUT2D eigenvalue weighted by Crippen LogP contribution is -2.08. The van der Waals surface area contributed by atoms with Crippen LogP contribution in [0.15, 0.2) is 6.20 Å². The zero-order valence-electron chi connectivity index (χ0n) is 7.14. The molecule has 0 radical (unpaired) electrons. The minimum absolute atomic E-state index is 0.158. The van der Waals surface area contributed by atoms with E-state index in [1.165, 1.54) is 25.0 Å². The molecule has 0 amide bonds. The van der Waals surface area contributed by atoms with E-state index in [1.807, 2.05) is 0 Å². The van der Waals surface area contributed by atoms with Crippen LogP contribution >= 0.6 is 0 Å². The van der Waals surface area contributed by atoms with Crippen molar-refractivity contribution >= 4 is 11.9 Å². The summed E-state index contributed by atoms with van der Waals surface area (Å²) in [5.41, 5.74) is -0.341. The number of nitrogens with zero attached hydrogens (tertiary/aromatic N) is 2. The van der Waals surface area contributed by atoms with Crippen molar-refractivity contribution in [2.24, 2.45) is 7.05 Å². The van der Waals surface area contributed by atoms with E-state index < -0.39 is 11.9 Å². The first kappa shape index (κ1) is 9.24. The Kier molecular flexibility index (Phi) is 2.32. The maximum absolute atomic E-state index is 11.0. The minimum atomic E-state index is -1.20. The zero-order valence-corrected chi connectivity index (χ0v) is 7.14. The molecule has 0 unspecified atom stereocenters. The Hall–Kier alpha value is -1.85. The van der Waals surface area contributed by atoms with Crippen molar-refractivity contribution in [3.05, 3.63) is 17.5 Å². The predicted octanol–water partition coefficient (Wildman–Crippen LogP) is -0.0951. The van der Waals surface area contributed by atoms with Gasteiger partial charge in [-0.1, -0.05) is 0 Å². The molecule has 1 rings (SSSR count). The van der Waals surface area contributed by atoms with E-state index in [9.17, 15) is 9.59 Å². The van der Waals surface area contributed by atoms with E-state index in [2.05, 4.69) is 9.84 Å². The van der Waals surface area contributed by atoms with Crippen molar-refractivity contribution in [1.29, 1.82) is 0 Å². The highest BCUT2D eigenvalue weighted by molar-refractivity contribution is 6.00. The lowest BCUT2D eigenvalue weighted by Gasteiger charge is -1.94. The van der Waals surface area contributed by atoms with Crippen LogP contribution < -0.4 is 0 Å². The van der Waals surface area contributed by atoms with E-state index in [0.29, 0.717) is 0 Å². The van der Waals surface area contributed by atoms with Crippen molar-refractivity contribution < 1.29 is 19.4 Å². The number of ether oxygens (including phenoxy) is 1. The van der Waals surface area contributed by atoms with Crippen LogP contribution in [0, 0.1) is 0 Å². The molecule has 0 atom stereocenters. The molecule has 1 aromatic rings. The van der Waals surface area contributed by atoms with Crippen molar-refractivity contribution in [3.8, 4) is 0 Å². The van der Waals surface area contributed by atoms with Gasteiger partial charge in [0.2, 0.25) is 0 Å². The molecule has 0 saturated carbocycles. The number of esters is 1. The molecule has 0 aliphatic heterocycles. The Morgan fingerprint density at radius 3 is 2.69 bits per heavy atom. The molecule has 1 N–H and O–H groups in total. The number of aromatic carboxylic acids is 1. The molecule has 0 saturated heterocycles. The first-order chi connectivity index (χ1) is 6.06. The van der Waals surface area contributed by atoms with Gasteiger partial charge < -0.3 is 9.84 Å². The number of carbonyl (C=O) groups is 2. The Morgan fingerprint density at radius 1 is 1.62 bits per heavy atom. The number of carbonyl (C=O) groups excluding carboxylic acids is 1. The maximum Gasteiger partial charge on any atom is 0.359 e. The standard InChI is InChI=1S/C7H8N2O4/c1-9-3-4(6(10)11)5(8-9)7(12)13-2/h3H,1-2H3,(H,10,11). The highest BCUT2D eigenvalue weighted by atomic mass is 16.5. The molecule has 6 heteroatoms. The second-order valence-corrected chi connectivity index (χ2v) is 2.36. The van der Waals surface area contributed by atoms with Gasteiger partial charge in [0, 0.05) is 13.2 Å². The van der Waals surface area contributed by atoms with Crippen LogP contribution in [0.25, 0.3) is 0 Å². The minimum Gasteiger partial charge on any atom is -0.478 e. The van der Waals surface area contributed by atoms with Gasteiger partial charge in [0.05, 0.1) is 7.11 Å². The molecule has 1 heterocycles. The third-order valence-corrected chi connectivity index (χ3v) is 1.44. The highest BCUT2D eigenvalue weighted by Gasteiger charge is 2.21. The van der Waals surface area contributed by atoms with Gasteiger partial charge in [-0.3, -0.25) is 4.68 Å². The van der Waals surface area contributed by atoms with Crippen LogP contribution in [-0.4, -0.2) is 33.9 Å². The molecule has 1 aromatic heterocycles. The average molecular weight is 184 g/mol. The van der Waals surface area contributed by atoms with Gasteiger partial charge in [0.1, 0.15) is 5.56 Å². The summed E-state index contributed by atoms with van der Waals surface area (Å²) in [7, 11) is 2.70. The van der Waals surface area contributed by atoms with Crippen molar-refractivity contribution in [2.75, 3.05) is 7.11 Å². The second kappa shape index (κ2) is 3.26. The molecule has 0 aliphatic carbocycles. The lowest BCUT2D eigenvalue weighted by molar-refractivity contribution is 0.0576. The molecule has 0 aromatic carbocycles. The summed E-state index contributed by atoms with van der Waals surface area (Å²) in [5, 5.41) is 12.3. The molecule has 13 heavy (non-hydrogen) atoms. The Bertz CT molecular complexity index is 355. The van der Waals surface area contributed by atoms with E-state index >= 15 is 0 Å². The summed E-state index contributed by atoms with van der Waals surface area (Å²) in [6.45, 7) is 0. The number of methoxy groups -OCH3 is 1. The molecule has 0 aliphatic rings. The van der Waals surface area contributed by atoms with Gasteiger partial charge in [-0.2, -0.15) is 5.10 Å². The zero-order chi connectivity index (χ0) is 10.0. The van der Waals surface area contributed by atoms with E-state index in [-0.39, 0.29) is 11.3 Å². The molecule has 0 bridgehead atoms. The fourth-order valence-electron chi connectivity index (χ4n) is 0.892. The second-order valence-electron chi connectivity index (χ2n) is 2.36. The molecule has 70 valence electrons. The molecular formula is C7H8N2O4. The van der Waals surface area contributed by atoms with Crippen LogP contribution in [0.5, 0.6) is 0 Å². The Labute approximate surface area is 73.7 Å². The van der Waals surface area contributed by atoms with Crippen molar-refractivity contribution in [3.63, 3.8) is 0 Å². The molecular weight excluding hydrogens is 176 g/mol. The van der Waals surface area contributed by atoms with Crippen LogP contribution in [-0.2, 0) is 11.8 Å². The number of hydrogen-bond donors (Lipinski definition) is 1. The van der Waals surface area contributed by atoms with Gasteiger partial charge in [0.25, 0.3) is 0 Å². The van der Waals surface area contributed by atoms with Crippen molar-refractivity contribution in [1.82, 2.24) is 9.78 Å². The summed E-state index contributed by atoms with van der Waals surface area (Å²) in [6, 6.07) is 0. The Balaban J connectivity index is 3.19. The Morgan fingerprint density at radius 2 is 2.23 bits per heavy atom. The van der Waals surface area contributed by atoms with Crippen molar-refractivity contribution in [2.45, 2.75) is 0 Å². The number of aromatic nitrogens is 2. The van der Waals surface area contributed by atoms with E-state index in [0.717, 1.165) is 0 Å². The number of carboxylic acid groups (broad SMARTS) is 1. The third kappa shape index (κ3) is 1.66. The monoisotopic (exact) mass is 184 g/mol. The summed E-state index contributed by atoms with van der Waals surface area (Å²) < 4.78 is 5.61. The molecule has 0 spiro atoms. The van der Waals surface area contributed by atoms with Crippen LogP contribution in [0.1, 0.15) is 20.8 Å². The van der Waals surface area contributed by atoms with Gasteiger partial charge in [-0.15, -0.1) is 0 Å². The van der Waals surface area contributed by atoms with Gasteiger partial charge in [-0.05, 0) is 0 Å². The van der Waals surface area contributed by atoms with E-state index in [1.54, 1.807) is 0 Å². The fraction of sp³-hybridized carbons (Fsp3) is 0.286.